The van der Waals surface area contributed by atoms with Gasteiger partial charge in [-0.15, -0.1) is 0 Å². The molecule has 0 unspecified atom stereocenters. The van der Waals surface area contributed by atoms with Crippen molar-refractivity contribution >= 4 is 27.5 Å². The standard InChI is InChI=1S/C6H6BrClN2/c7-5-6(8)10(3-9-5)4-1-2-4/h3-4H,1-2H2. The van der Waals surface area contributed by atoms with E-state index in [1.165, 1.54) is 12.8 Å². The van der Waals surface area contributed by atoms with Crippen LogP contribution in [0.3, 0.4) is 0 Å². The molecule has 1 aromatic rings. The first kappa shape index (κ1) is 6.68. The SMILES string of the molecule is Clc1c(Br)ncn1C1CC1. The summed E-state index contributed by atoms with van der Waals surface area (Å²) < 4.78 is 2.76. The highest BCUT2D eigenvalue weighted by molar-refractivity contribution is 9.10. The zero-order valence-electron chi connectivity index (χ0n) is 5.22. The van der Waals surface area contributed by atoms with Crippen molar-refractivity contribution in [3.63, 3.8) is 0 Å². The second-order valence-electron chi connectivity index (χ2n) is 2.46. The number of imidazole rings is 1. The molecule has 0 aromatic carbocycles. The van der Waals surface area contributed by atoms with E-state index in [2.05, 4.69) is 20.9 Å². The molecule has 0 spiro atoms. The van der Waals surface area contributed by atoms with Gasteiger partial charge in [-0.2, -0.15) is 0 Å². The van der Waals surface area contributed by atoms with Gasteiger partial charge in [0, 0.05) is 6.04 Å². The number of aromatic nitrogens is 2. The lowest BCUT2D eigenvalue weighted by Gasteiger charge is -1.97. The molecule has 1 fully saturated rings. The Kier molecular flexibility index (Phi) is 1.49. The molecule has 1 aliphatic carbocycles. The molecule has 1 aromatic heterocycles. The molecule has 1 heterocycles. The van der Waals surface area contributed by atoms with E-state index in [0.717, 1.165) is 9.76 Å². The van der Waals surface area contributed by atoms with E-state index in [9.17, 15) is 0 Å². The van der Waals surface area contributed by atoms with E-state index in [-0.39, 0.29) is 0 Å². The maximum absolute atomic E-state index is 5.90. The largest absolute Gasteiger partial charge is 0.318 e. The van der Waals surface area contributed by atoms with Gasteiger partial charge in [-0.3, -0.25) is 0 Å². The van der Waals surface area contributed by atoms with Crippen LogP contribution in [0.15, 0.2) is 10.9 Å². The molecule has 0 radical (unpaired) electrons. The van der Waals surface area contributed by atoms with Crippen LogP contribution in [-0.4, -0.2) is 9.55 Å². The molecule has 54 valence electrons. The summed E-state index contributed by atoms with van der Waals surface area (Å²) in [5, 5.41) is 0.725. The average Bonchev–Trinajstić information content (AvgIpc) is 2.67. The van der Waals surface area contributed by atoms with Gasteiger partial charge in [0.05, 0.1) is 6.33 Å². The van der Waals surface area contributed by atoms with Crippen LogP contribution >= 0.6 is 27.5 Å². The van der Waals surface area contributed by atoms with Crippen LogP contribution < -0.4 is 0 Å². The van der Waals surface area contributed by atoms with Gasteiger partial charge in [0.15, 0.2) is 0 Å². The van der Waals surface area contributed by atoms with Gasteiger partial charge in [-0.05, 0) is 28.8 Å². The number of nitrogens with zero attached hydrogens (tertiary/aromatic N) is 2. The van der Waals surface area contributed by atoms with Gasteiger partial charge in [0.2, 0.25) is 0 Å². The second kappa shape index (κ2) is 2.24. The summed E-state index contributed by atoms with van der Waals surface area (Å²) in [6.45, 7) is 0. The van der Waals surface area contributed by atoms with Gasteiger partial charge < -0.3 is 4.57 Å². The monoisotopic (exact) mass is 220 g/mol. The molecule has 2 nitrogen and oxygen atoms in total. The number of rotatable bonds is 1. The Morgan fingerprint density at radius 3 is 2.80 bits per heavy atom. The van der Waals surface area contributed by atoms with E-state index in [1.54, 1.807) is 6.33 Å². The van der Waals surface area contributed by atoms with Gasteiger partial charge >= 0.3 is 0 Å². The predicted octanol–water partition coefficient (Wildman–Crippen LogP) is 2.63. The Bertz CT molecular complexity index is 254. The lowest BCUT2D eigenvalue weighted by atomic mass is 10.7. The Morgan fingerprint density at radius 2 is 2.40 bits per heavy atom. The van der Waals surface area contributed by atoms with E-state index in [0.29, 0.717) is 6.04 Å². The third kappa shape index (κ3) is 0.974. The quantitative estimate of drug-likeness (QED) is 0.713. The molecule has 2 rings (SSSR count). The fraction of sp³-hybridized carbons (Fsp3) is 0.500. The summed E-state index contributed by atoms with van der Waals surface area (Å²) >= 11 is 9.15. The maximum atomic E-state index is 5.90. The molecule has 0 N–H and O–H groups in total. The van der Waals surface area contributed by atoms with Crippen molar-refractivity contribution < 1.29 is 0 Å². The molecule has 10 heavy (non-hydrogen) atoms. The zero-order valence-corrected chi connectivity index (χ0v) is 7.56. The highest BCUT2D eigenvalue weighted by Gasteiger charge is 2.25. The van der Waals surface area contributed by atoms with Crippen molar-refractivity contribution in [2.45, 2.75) is 18.9 Å². The zero-order chi connectivity index (χ0) is 7.14. The fourth-order valence-corrected chi connectivity index (χ4v) is 1.46. The molecular weight excluding hydrogens is 215 g/mol. The Morgan fingerprint density at radius 1 is 1.70 bits per heavy atom. The van der Waals surface area contributed by atoms with E-state index < -0.39 is 0 Å². The van der Waals surface area contributed by atoms with Crippen LogP contribution in [0, 0.1) is 0 Å². The third-order valence-electron chi connectivity index (χ3n) is 1.63. The Hall–Kier alpha value is -0.0200. The van der Waals surface area contributed by atoms with Crippen LogP contribution in [-0.2, 0) is 0 Å². The number of hydrogen-bond acceptors (Lipinski definition) is 1. The summed E-state index contributed by atoms with van der Waals surface area (Å²) in [5.74, 6) is 0. The Labute approximate surface area is 72.3 Å². The molecule has 0 amide bonds. The minimum Gasteiger partial charge on any atom is -0.318 e. The molecule has 0 aliphatic heterocycles. The van der Waals surface area contributed by atoms with Crippen molar-refractivity contribution in [1.82, 2.24) is 9.55 Å². The summed E-state index contributed by atoms with van der Waals surface area (Å²) in [6.07, 6.45) is 4.26. The van der Waals surface area contributed by atoms with Crippen LogP contribution in [0.4, 0.5) is 0 Å². The summed E-state index contributed by atoms with van der Waals surface area (Å²) in [4.78, 5) is 4.03. The van der Waals surface area contributed by atoms with E-state index in [1.807, 2.05) is 4.57 Å². The molecule has 0 bridgehead atoms. The minimum atomic E-state index is 0.617. The first-order valence-electron chi connectivity index (χ1n) is 3.17. The van der Waals surface area contributed by atoms with Crippen molar-refractivity contribution in [3.05, 3.63) is 16.1 Å². The smallest absolute Gasteiger partial charge is 0.143 e. The van der Waals surface area contributed by atoms with E-state index in [4.69, 9.17) is 11.6 Å². The highest BCUT2D eigenvalue weighted by atomic mass is 79.9. The van der Waals surface area contributed by atoms with Crippen LogP contribution in [0.2, 0.25) is 5.15 Å². The molecule has 0 atom stereocenters. The van der Waals surface area contributed by atoms with Crippen molar-refractivity contribution in [1.29, 1.82) is 0 Å². The molecule has 1 saturated carbocycles. The number of hydrogen-bond donors (Lipinski definition) is 0. The van der Waals surface area contributed by atoms with Crippen LogP contribution in [0.5, 0.6) is 0 Å². The highest BCUT2D eigenvalue weighted by Crippen LogP contribution is 2.38. The third-order valence-corrected chi connectivity index (χ3v) is 2.82. The molecular formula is C6H6BrClN2. The topological polar surface area (TPSA) is 17.8 Å². The minimum absolute atomic E-state index is 0.617. The normalized spacial score (nSPS) is 17.8. The summed E-state index contributed by atoms with van der Waals surface area (Å²) in [7, 11) is 0. The average molecular weight is 221 g/mol. The van der Waals surface area contributed by atoms with Gasteiger partial charge in [-0.1, -0.05) is 11.6 Å². The van der Waals surface area contributed by atoms with Crippen molar-refractivity contribution in [2.75, 3.05) is 0 Å². The molecule has 1 aliphatic rings. The predicted molar refractivity (Wildman–Crippen MR) is 43.2 cm³/mol. The maximum Gasteiger partial charge on any atom is 0.143 e. The number of halogens is 2. The first-order valence-corrected chi connectivity index (χ1v) is 4.34. The first-order chi connectivity index (χ1) is 4.79. The van der Waals surface area contributed by atoms with Gasteiger partial charge in [-0.25, -0.2) is 4.98 Å². The van der Waals surface area contributed by atoms with E-state index >= 15 is 0 Å². The lowest BCUT2D eigenvalue weighted by Crippen LogP contribution is -1.89. The van der Waals surface area contributed by atoms with Gasteiger partial charge in [0.25, 0.3) is 0 Å². The van der Waals surface area contributed by atoms with Crippen molar-refractivity contribution in [3.8, 4) is 0 Å². The van der Waals surface area contributed by atoms with Crippen LogP contribution in [0.25, 0.3) is 0 Å². The molecule has 4 heteroatoms. The fourth-order valence-electron chi connectivity index (χ4n) is 0.931. The second-order valence-corrected chi connectivity index (χ2v) is 3.57. The van der Waals surface area contributed by atoms with Crippen molar-refractivity contribution in [2.24, 2.45) is 0 Å². The Balaban J connectivity index is 2.40. The van der Waals surface area contributed by atoms with Gasteiger partial charge in [0.1, 0.15) is 9.76 Å². The molecule has 0 saturated heterocycles. The lowest BCUT2D eigenvalue weighted by molar-refractivity contribution is 0.741. The summed E-state index contributed by atoms with van der Waals surface area (Å²) in [5.41, 5.74) is 0. The summed E-state index contributed by atoms with van der Waals surface area (Å²) in [6, 6.07) is 0.617. The van der Waals surface area contributed by atoms with Crippen LogP contribution in [0.1, 0.15) is 18.9 Å².